The molecule has 4 rings (SSSR count). The average Bonchev–Trinajstić information content (AvgIpc) is 2.98. The van der Waals surface area contributed by atoms with Crippen LogP contribution < -0.4 is 4.74 Å². The molecule has 0 spiro atoms. The zero-order valence-corrected chi connectivity index (χ0v) is 13.7. The van der Waals surface area contributed by atoms with Crippen molar-refractivity contribution in [2.75, 3.05) is 13.7 Å². The van der Waals surface area contributed by atoms with Gasteiger partial charge < -0.3 is 9.72 Å². The van der Waals surface area contributed by atoms with Gasteiger partial charge in [-0.3, -0.25) is 4.90 Å². The van der Waals surface area contributed by atoms with E-state index in [0.29, 0.717) is 6.04 Å². The van der Waals surface area contributed by atoms with Gasteiger partial charge in [0.25, 0.3) is 0 Å². The van der Waals surface area contributed by atoms with Crippen molar-refractivity contribution in [1.29, 1.82) is 0 Å². The van der Waals surface area contributed by atoms with Crippen molar-refractivity contribution in [3.05, 3.63) is 65.4 Å². The van der Waals surface area contributed by atoms with Crippen molar-refractivity contribution in [1.82, 2.24) is 9.88 Å². The molecule has 0 bridgehead atoms. The van der Waals surface area contributed by atoms with E-state index < -0.39 is 0 Å². The molecule has 2 heterocycles. The van der Waals surface area contributed by atoms with Crippen LogP contribution in [0.25, 0.3) is 10.9 Å². The number of nitrogens with zero attached hydrogens (tertiary/aromatic N) is 1. The molecule has 0 amide bonds. The summed E-state index contributed by atoms with van der Waals surface area (Å²) in [5, 5.41) is 1.39. The van der Waals surface area contributed by atoms with Crippen LogP contribution in [0.1, 0.15) is 29.8 Å². The maximum atomic E-state index is 5.24. The molecule has 0 saturated carbocycles. The fourth-order valence-corrected chi connectivity index (χ4v) is 3.66. The predicted octanol–water partition coefficient (Wildman–Crippen LogP) is 4.30. The van der Waals surface area contributed by atoms with Gasteiger partial charge in [-0.2, -0.15) is 0 Å². The predicted molar refractivity (Wildman–Crippen MR) is 93.8 cm³/mol. The van der Waals surface area contributed by atoms with Crippen molar-refractivity contribution >= 4 is 10.9 Å². The number of benzene rings is 2. The minimum absolute atomic E-state index is 0.410. The van der Waals surface area contributed by atoms with Crippen LogP contribution in [-0.2, 0) is 13.0 Å². The van der Waals surface area contributed by atoms with Crippen molar-refractivity contribution in [3.8, 4) is 5.75 Å². The van der Waals surface area contributed by atoms with E-state index in [2.05, 4.69) is 53.2 Å². The van der Waals surface area contributed by atoms with E-state index in [1.54, 1.807) is 7.11 Å². The first-order chi connectivity index (χ1) is 11.3. The molecule has 3 heteroatoms. The zero-order chi connectivity index (χ0) is 15.8. The van der Waals surface area contributed by atoms with Crippen molar-refractivity contribution in [3.63, 3.8) is 0 Å². The van der Waals surface area contributed by atoms with Crippen LogP contribution in [0.5, 0.6) is 5.75 Å². The SMILES string of the molecule is COc1ccc(CN2CCc3c([nH]c4ccccc34)[C@@H]2C)cc1. The van der Waals surface area contributed by atoms with Gasteiger partial charge in [0.15, 0.2) is 0 Å². The summed E-state index contributed by atoms with van der Waals surface area (Å²) in [5.41, 5.74) is 5.47. The number of aromatic amines is 1. The molecule has 0 unspecified atom stereocenters. The second-order valence-corrected chi connectivity index (χ2v) is 6.31. The van der Waals surface area contributed by atoms with Crippen LogP contribution >= 0.6 is 0 Å². The fourth-order valence-electron chi connectivity index (χ4n) is 3.66. The molecule has 1 aromatic heterocycles. The molecule has 1 aliphatic heterocycles. The second kappa shape index (κ2) is 5.74. The lowest BCUT2D eigenvalue weighted by Gasteiger charge is -2.33. The Morgan fingerprint density at radius 1 is 1.13 bits per heavy atom. The van der Waals surface area contributed by atoms with Gasteiger partial charge in [-0.1, -0.05) is 30.3 Å². The number of hydrogen-bond acceptors (Lipinski definition) is 2. The maximum Gasteiger partial charge on any atom is 0.118 e. The monoisotopic (exact) mass is 306 g/mol. The standard InChI is InChI=1S/C20H22N2O/c1-14-20-18(17-5-3-4-6-19(17)21-20)11-12-22(14)13-15-7-9-16(23-2)10-8-15/h3-10,14,21H,11-13H2,1-2H3/t14-/m0/s1. The molecule has 0 radical (unpaired) electrons. The first-order valence-electron chi connectivity index (χ1n) is 8.22. The van der Waals surface area contributed by atoms with Crippen LogP contribution in [0.4, 0.5) is 0 Å². The first kappa shape index (κ1) is 14.3. The number of methoxy groups -OCH3 is 1. The molecule has 0 fully saturated rings. The summed E-state index contributed by atoms with van der Waals surface area (Å²) in [6.07, 6.45) is 1.11. The van der Waals surface area contributed by atoms with Gasteiger partial charge in [0, 0.05) is 35.7 Å². The van der Waals surface area contributed by atoms with Gasteiger partial charge in [0.2, 0.25) is 0 Å². The summed E-state index contributed by atoms with van der Waals surface area (Å²) in [4.78, 5) is 6.18. The Morgan fingerprint density at radius 3 is 2.70 bits per heavy atom. The summed E-state index contributed by atoms with van der Waals surface area (Å²) in [6.45, 7) is 4.37. The molecular weight excluding hydrogens is 284 g/mol. The van der Waals surface area contributed by atoms with Gasteiger partial charge >= 0.3 is 0 Å². The third-order valence-electron chi connectivity index (χ3n) is 5.01. The highest BCUT2D eigenvalue weighted by Crippen LogP contribution is 2.34. The van der Waals surface area contributed by atoms with E-state index in [0.717, 1.165) is 25.3 Å². The number of H-pyrrole nitrogens is 1. The zero-order valence-electron chi connectivity index (χ0n) is 13.7. The van der Waals surface area contributed by atoms with Crippen LogP contribution in [0.15, 0.2) is 48.5 Å². The quantitative estimate of drug-likeness (QED) is 0.781. The van der Waals surface area contributed by atoms with Crippen LogP contribution in [0.3, 0.4) is 0 Å². The van der Waals surface area contributed by atoms with Gasteiger partial charge in [-0.15, -0.1) is 0 Å². The Morgan fingerprint density at radius 2 is 1.91 bits per heavy atom. The number of aromatic nitrogens is 1. The molecule has 3 aromatic rings. The summed E-state index contributed by atoms with van der Waals surface area (Å²) >= 11 is 0. The summed E-state index contributed by atoms with van der Waals surface area (Å²) < 4.78 is 5.24. The molecule has 1 atom stereocenters. The average molecular weight is 306 g/mol. The van der Waals surface area contributed by atoms with Crippen molar-refractivity contribution in [2.24, 2.45) is 0 Å². The van der Waals surface area contributed by atoms with Gasteiger partial charge in [-0.05, 0) is 42.7 Å². The normalized spacial score (nSPS) is 18.1. The Kier molecular flexibility index (Phi) is 3.58. The van der Waals surface area contributed by atoms with Gasteiger partial charge in [0.1, 0.15) is 5.75 Å². The van der Waals surface area contributed by atoms with Crippen LogP contribution in [-0.4, -0.2) is 23.5 Å². The number of rotatable bonds is 3. The lowest BCUT2D eigenvalue weighted by Crippen LogP contribution is -2.33. The van der Waals surface area contributed by atoms with E-state index in [4.69, 9.17) is 4.74 Å². The molecular formula is C20H22N2O. The minimum atomic E-state index is 0.410. The molecule has 0 aliphatic carbocycles. The molecule has 3 nitrogen and oxygen atoms in total. The number of para-hydroxylation sites is 1. The van der Waals surface area contributed by atoms with Crippen molar-refractivity contribution < 1.29 is 4.74 Å². The highest BCUT2D eigenvalue weighted by molar-refractivity contribution is 5.85. The van der Waals surface area contributed by atoms with E-state index in [9.17, 15) is 0 Å². The molecule has 1 aliphatic rings. The van der Waals surface area contributed by atoms with Gasteiger partial charge in [-0.25, -0.2) is 0 Å². The molecule has 23 heavy (non-hydrogen) atoms. The number of ether oxygens (including phenoxy) is 1. The van der Waals surface area contributed by atoms with E-state index >= 15 is 0 Å². The number of fused-ring (bicyclic) bond motifs is 3. The lowest BCUT2D eigenvalue weighted by molar-refractivity contribution is 0.187. The summed E-state index contributed by atoms with van der Waals surface area (Å²) in [6, 6.07) is 17.4. The smallest absolute Gasteiger partial charge is 0.118 e. The second-order valence-electron chi connectivity index (χ2n) is 6.31. The molecule has 2 aromatic carbocycles. The Balaban J connectivity index is 1.60. The van der Waals surface area contributed by atoms with Crippen LogP contribution in [0.2, 0.25) is 0 Å². The summed E-state index contributed by atoms with van der Waals surface area (Å²) in [5.74, 6) is 0.915. The molecule has 1 N–H and O–H groups in total. The largest absolute Gasteiger partial charge is 0.497 e. The highest BCUT2D eigenvalue weighted by Gasteiger charge is 2.26. The Labute approximate surface area is 136 Å². The highest BCUT2D eigenvalue weighted by atomic mass is 16.5. The Hall–Kier alpha value is -2.26. The van der Waals surface area contributed by atoms with E-state index in [1.807, 2.05) is 12.1 Å². The maximum absolute atomic E-state index is 5.24. The Bertz CT molecular complexity index is 819. The lowest BCUT2D eigenvalue weighted by atomic mass is 9.97. The fraction of sp³-hybridized carbons (Fsp3) is 0.300. The third kappa shape index (κ3) is 2.51. The van der Waals surface area contributed by atoms with Gasteiger partial charge in [0.05, 0.1) is 7.11 Å². The number of hydrogen-bond donors (Lipinski definition) is 1. The summed E-state index contributed by atoms with van der Waals surface area (Å²) in [7, 11) is 1.71. The van der Waals surface area contributed by atoms with Crippen molar-refractivity contribution in [2.45, 2.75) is 25.9 Å². The first-order valence-corrected chi connectivity index (χ1v) is 8.22. The molecule has 118 valence electrons. The minimum Gasteiger partial charge on any atom is -0.497 e. The van der Waals surface area contributed by atoms with E-state index in [1.165, 1.54) is 27.7 Å². The third-order valence-corrected chi connectivity index (χ3v) is 5.01. The topological polar surface area (TPSA) is 28.3 Å². The number of nitrogens with one attached hydrogen (secondary N) is 1. The van der Waals surface area contributed by atoms with E-state index in [-0.39, 0.29) is 0 Å². The van der Waals surface area contributed by atoms with Crippen LogP contribution in [0, 0.1) is 0 Å². The molecule has 0 saturated heterocycles.